The molecule has 2 atom stereocenters. The van der Waals surface area contributed by atoms with Crippen molar-refractivity contribution in [3.63, 3.8) is 0 Å². The van der Waals surface area contributed by atoms with Crippen LogP contribution >= 0.6 is 11.6 Å². The van der Waals surface area contributed by atoms with E-state index in [1.54, 1.807) is 18.2 Å². The number of hydrogen-bond acceptors (Lipinski definition) is 9. The third kappa shape index (κ3) is 5.34. The molecule has 1 aliphatic carbocycles. The van der Waals surface area contributed by atoms with Crippen molar-refractivity contribution in [3.8, 4) is 17.2 Å². The third-order valence-corrected chi connectivity index (χ3v) is 8.21. The molecule has 0 unspecified atom stereocenters. The monoisotopic (exact) mass is 554 g/mol. The standard InChI is InChI=1S/C23H28ClFN6O5S/c1-13(19(36-5)20-26-11-15(24)12-27-20)37(32,33)30-22-29-28-21(14-9-23(2,25)10-14)31(22)18-16(34-3)7-6-8-17(18)35-4/h6-8,11-14,19H,9-10H2,1-5H3,(H,29,30)/t13-,14?,19-,23?/m0/s1. The fourth-order valence-corrected chi connectivity index (χ4v) is 5.64. The summed E-state index contributed by atoms with van der Waals surface area (Å²) >= 11 is 5.87. The summed E-state index contributed by atoms with van der Waals surface area (Å²) in [6.45, 7) is 2.98. The van der Waals surface area contributed by atoms with Gasteiger partial charge in [-0.1, -0.05) is 17.7 Å². The van der Waals surface area contributed by atoms with E-state index in [-0.39, 0.29) is 30.5 Å². The molecule has 11 nitrogen and oxygen atoms in total. The normalized spacial score (nSPS) is 21.1. The van der Waals surface area contributed by atoms with Gasteiger partial charge in [0.15, 0.2) is 5.82 Å². The molecule has 2 aromatic heterocycles. The lowest BCUT2D eigenvalue weighted by molar-refractivity contribution is 0.0575. The van der Waals surface area contributed by atoms with Crippen LogP contribution in [0.4, 0.5) is 10.3 Å². The SMILES string of the molecule is COc1cccc(OC)c1-n1c(NS(=O)(=O)[C@@H](C)[C@H](OC)c2ncc(Cl)cn2)nnc1C1CC(C)(F)C1. The molecule has 0 aliphatic heterocycles. The van der Waals surface area contributed by atoms with Crippen molar-refractivity contribution in [2.45, 2.75) is 49.6 Å². The van der Waals surface area contributed by atoms with Crippen LogP contribution in [0, 0.1) is 0 Å². The van der Waals surface area contributed by atoms with Gasteiger partial charge in [0.05, 0.1) is 19.2 Å². The highest BCUT2D eigenvalue weighted by Crippen LogP contribution is 2.48. The molecule has 1 saturated carbocycles. The van der Waals surface area contributed by atoms with Gasteiger partial charge in [-0.25, -0.2) is 22.8 Å². The van der Waals surface area contributed by atoms with E-state index in [1.807, 2.05) is 0 Å². The largest absolute Gasteiger partial charge is 0.494 e. The maximum Gasteiger partial charge on any atom is 0.243 e. The highest BCUT2D eigenvalue weighted by atomic mass is 35.5. The van der Waals surface area contributed by atoms with Gasteiger partial charge in [0.2, 0.25) is 16.0 Å². The van der Waals surface area contributed by atoms with Gasteiger partial charge >= 0.3 is 0 Å². The Bertz CT molecular complexity index is 1340. The van der Waals surface area contributed by atoms with Gasteiger partial charge in [-0.2, -0.15) is 0 Å². The number of nitrogens with zero attached hydrogens (tertiary/aromatic N) is 5. The Morgan fingerprint density at radius 1 is 1.14 bits per heavy atom. The van der Waals surface area contributed by atoms with E-state index in [4.69, 9.17) is 25.8 Å². The van der Waals surface area contributed by atoms with Crippen molar-refractivity contribution in [1.29, 1.82) is 0 Å². The number of halogens is 2. The number of rotatable bonds is 10. The van der Waals surface area contributed by atoms with Crippen LogP contribution in [0.2, 0.25) is 5.02 Å². The van der Waals surface area contributed by atoms with Gasteiger partial charge in [0, 0.05) is 25.4 Å². The van der Waals surface area contributed by atoms with Gasteiger partial charge in [-0.05, 0) is 38.8 Å². The predicted molar refractivity (Wildman–Crippen MR) is 135 cm³/mol. The van der Waals surface area contributed by atoms with Crippen molar-refractivity contribution < 1.29 is 27.0 Å². The fraction of sp³-hybridized carbons (Fsp3) is 0.478. The predicted octanol–water partition coefficient (Wildman–Crippen LogP) is 3.85. The number of hydrogen-bond donors (Lipinski definition) is 1. The lowest BCUT2D eigenvalue weighted by atomic mass is 9.73. The minimum atomic E-state index is -4.14. The average molecular weight is 555 g/mol. The summed E-state index contributed by atoms with van der Waals surface area (Å²) in [6, 6.07) is 5.12. The van der Waals surface area contributed by atoms with Crippen LogP contribution < -0.4 is 14.2 Å². The van der Waals surface area contributed by atoms with E-state index in [2.05, 4.69) is 24.9 Å². The van der Waals surface area contributed by atoms with Gasteiger partial charge < -0.3 is 14.2 Å². The lowest BCUT2D eigenvalue weighted by Crippen LogP contribution is -2.36. The van der Waals surface area contributed by atoms with Crippen molar-refractivity contribution in [2.24, 2.45) is 0 Å². The van der Waals surface area contributed by atoms with Crippen LogP contribution in [-0.4, -0.2) is 65.4 Å². The number of alkyl halides is 1. The Kier molecular flexibility index (Phi) is 7.58. The molecule has 1 aromatic carbocycles. The average Bonchev–Trinajstić information content (AvgIpc) is 3.25. The van der Waals surface area contributed by atoms with Crippen LogP contribution in [0.3, 0.4) is 0 Å². The number of benzene rings is 1. The molecule has 3 aromatic rings. The van der Waals surface area contributed by atoms with Gasteiger partial charge in [-0.15, -0.1) is 10.2 Å². The van der Waals surface area contributed by atoms with E-state index in [1.165, 1.54) is 52.1 Å². The molecular formula is C23H28ClFN6O5S. The molecule has 0 radical (unpaired) electrons. The number of aromatic nitrogens is 5. The maximum atomic E-state index is 14.4. The summed E-state index contributed by atoms with van der Waals surface area (Å²) in [5.41, 5.74) is -0.959. The molecule has 4 rings (SSSR count). The smallest absolute Gasteiger partial charge is 0.243 e. The van der Waals surface area contributed by atoms with Crippen molar-refractivity contribution in [3.05, 3.63) is 47.3 Å². The zero-order chi connectivity index (χ0) is 27.0. The van der Waals surface area contributed by atoms with Crippen molar-refractivity contribution in [2.75, 3.05) is 26.1 Å². The molecule has 1 fully saturated rings. The number of para-hydroxylation sites is 1. The minimum absolute atomic E-state index is 0.107. The van der Waals surface area contributed by atoms with E-state index in [0.29, 0.717) is 28.0 Å². The number of anilines is 1. The quantitative estimate of drug-likeness (QED) is 0.397. The van der Waals surface area contributed by atoms with Crippen molar-refractivity contribution in [1.82, 2.24) is 24.7 Å². The Hall–Kier alpha value is -3.03. The maximum absolute atomic E-state index is 14.4. The fourth-order valence-electron chi connectivity index (χ4n) is 4.41. The van der Waals surface area contributed by atoms with Crippen LogP contribution in [-0.2, 0) is 14.8 Å². The van der Waals surface area contributed by atoms with Gasteiger partial charge in [-0.3, -0.25) is 9.29 Å². The summed E-state index contributed by atoms with van der Waals surface area (Å²) in [5.74, 6) is 0.912. The first-order valence-corrected chi connectivity index (χ1v) is 13.3. The van der Waals surface area contributed by atoms with Gasteiger partial charge in [0.25, 0.3) is 0 Å². The molecule has 0 spiro atoms. The number of sulfonamides is 1. The molecule has 1 aliphatic rings. The second kappa shape index (κ2) is 10.4. The Balaban J connectivity index is 1.77. The highest BCUT2D eigenvalue weighted by Gasteiger charge is 2.45. The molecule has 37 heavy (non-hydrogen) atoms. The first kappa shape index (κ1) is 27.0. The van der Waals surface area contributed by atoms with Crippen LogP contribution in [0.1, 0.15) is 50.4 Å². The van der Waals surface area contributed by atoms with E-state index < -0.39 is 27.0 Å². The summed E-state index contributed by atoms with van der Waals surface area (Å²) in [4.78, 5) is 8.20. The highest BCUT2D eigenvalue weighted by molar-refractivity contribution is 7.93. The Labute approximate surface area is 219 Å². The third-order valence-electron chi connectivity index (χ3n) is 6.32. The molecule has 200 valence electrons. The number of ether oxygens (including phenoxy) is 3. The Morgan fingerprint density at radius 3 is 2.24 bits per heavy atom. The van der Waals surface area contributed by atoms with Crippen LogP contribution in [0.25, 0.3) is 5.69 Å². The van der Waals surface area contributed by atoms with E-state index >= 15 is 0 Å². The first-order chi connectivity index (χ1) is 17.5. The summed E-state index contributed by atoms with van der Waals surface area (Å²) < 4.78 is 62.0. The summed E-state index contributed by atoms with van der Waals surface area (Å²) in [6.07, 6.45) is 2.13. The van der Waals surface area contributed by atoms with E-state index in [0.717, 1.165) is 0 Å². The molecule has 2 heterocycles. The minimum Gasteiger partial charge on any atom is -0.494 e. The van der Waals surface area contributed by atoms with Crippen molar-refractivity contribution >= 4 is 27.6 Å². The number of nitrogens with one attached hydrogen (secondary N) is 1. The van der Waals surface area contributed by atoms with Gasteiger partial charge in [0.1, 0.15) is 40.0 Å². The molecular weight excluding hydrogens is 527 g/mol. The molecule has 0 bridgehead atoms. The van der Waals surface area contributed by atoms with E-state index in [9.17, 15) is 12.8 Å². The number of methoxy groups -OCH3 is 3. The second-order valence-corrected chi connectivity index (χ2v) is 11.5. The topological polar surface area (TPSA) is 130 Å². The van der Waals surface area contributed by atoms with Crippen LogP contribution in [0.15, 0.2) is 30.6 Å². The molecule has 0 saturated heterocycles. The zero-order valence-electron chi connectivity index (χ0n) is 21.0. The molecule has 14 heteroatoms. The first-order valence-electron chi connectivity index (χ1n) is 11.4. The lowest BCUT2D eigenvalue weighted by Gasteiger charge is -2.38. The van der Waals surface area contributed by atoms with Crippen LogP contribution in [0.5, 0.6) is 11.5 Å². The summed E-state index contributed by atoms with van der Waals surface area (Å²) in [5, 5.41) is 7.53. The molecule has 1 N–H and O–H groups in total. The second-order valence-electron chi connectivity index (χ2n) is 9.01. The molecule has 0 amide bonds. The summed E-state index contributed by atoms with van der Waals surface area (Å²) in [7, 11) is 0.172. The Morgan fingerprint density at radius 2 is 1.73 bits per heavy atom. The zero-order valence-corrected chi connectivity index (χ0v) is 22.5.